The summed E-state index contributed by atoms with van der Waals surface area (Å²) in [5, 5.41) is 2.90. The van der Waals surface area contributed by atoms with E-state index >= 15 is 0 Å². The molecule has 27 heavy (non-hydrogen) atoms. The molecule has 1 N–H and O–H groups in total. The fourth-order valence-electron chi connectivity index (χ4n) is 3.03. The molecule has 1 unspecified atom stereocenters. The van der Waals surface area contributed by atoms with Gasteiger partial charge in [-0.2, -0.15) is 0 Å². The van der Waals surface area contributed by atoms with E-state index in [1.807, 2.05) is 0 Å². The number of hydrogen-bond acceptors (Lipinski definition) is 3. The molecule has 3 rings (SSSR count). The van der Waals surface area contributed by atoms with E-state index in [4.69, 9.17) is 4.74 Å². The molecule has 0 aliphatic carbocycles. The molecule has 1 aliphatic rings. The summed E-state index contributed by atoms with van der Waals surface area (Å²) in [7, 11) is 0. The minimum Gasteiger partial charge on any atom is -0.379 e. The monoisotopic (exact) mass is 372 g/mol. The van der Waals surface area contributed by atoms with Crippen molar-refractivity contribution in [2.45, 2.75) is 6.04 Å². The number of rotatable bonds is 6. The summed E-state index contributed by atoms with van der Waals surface area (Å²) in [6.45, 7) is 3.18. The molecular weight excluding hydrogens is 350 g/mol. The number of carbonyl (C=O) groups is 1. The molecule has 0 saturated carbocycles. The molecule has 6 heteroatoms. The maximum Gasteiger partial charge on any atom is 0.244 e. The SMILES string of the molecule is O=C(/C=C/c1ccc(F)cc1)NCC(c1ccc(F)cc1)N1CCOCC1. The highest BCUT2D eigenvalue weighted by molar-refractivity contribution is 5.91. The number of hydrogen-bond donors (Lipinski definition) is 1. The summed E-state index contributed by atoms with van der Waals surface area (Å²) < 4.78 is 31.6. The second kappa shape index (κ2) is 9.39. The van der Waals surface area contributed by atoms with Crippen molar-refractivity contribution >= 4 is 12.0 Å². The standard InChI is InChI=1S/C21H22F2N2O2/c22-18-6-1-16(2-7-18)3-10-21(26)24-15-20(25-11-13-27-14-12-25)17-4-8-19(23)9-5-17/h1-10,20H,11-15H2,(H,24,26)/b10-3+. The Morgan fingerprint density at radius 1 is 1.04 bits per heavy atom. The van der Waals surface area contributed by atoms with Gasteiger partial charge >= 0.3 is 0 Å². The minimum atomic E-state index is -0.316. The van der Waals surface area contributed by atoms with E-state index in [1.54, 1.807) is 30.3 Å². The van der Waals surface area contributed by atoms with Gasteiger partial charge < -0.3 is 10.1 Å². The summed E-state index contributed by atoms with van der Waals surface area (Å²) in [6.07, 6.45) is 3.06. The third-order valence-electron chi connectivity index (χ3n) is 4.51. The Hall–Kier alpha value is -2.57. The van der Waals surface area contributed by atoms with Crippen LogP contribution in [0.1, 0.15) is 17.2 Å². The number of morpholine rings is 1. The van der Waals surface area contributed by atoms with Gasteiger partial charge in [0, 0.05) is 25.7 Å². The number of ether oxygens (including phenoxy) is 1. The first-order chi connectivity index (χ1) is 13.1. The second-order valence-electron chi connectivity index (χ2n) is 6.35. The molecule has 0 spiro atoms. The van der Waals surface area contributed by atoms with E-state index in [9.17, 15) is 13.6 Å². The largest absolute Gasteiger partial charge is 0.379 e. The average molecular weight is 372 g/mol. The molecule has 1 amide bonds. The van der Waals surface area contributed by atoms with E-state index in [1.165, 1.54) is 30.3 Å². The van der Waals surface area contributed by atoms with Crippen LogP contribution in [-0.2, 0) is 9.53 Å². The minimum absolute atomic E-state index is 0.0577. The third kappa shape index (κ3) is 5.70. The van der Waals surface area contributed by atoms with Gasteiger partial charge in [0.2, 0.25) is 5.91 Å². The Labute approximate surface area is 157 Å². The molecule has 0 bridgehead atoms. The number of carbonyl (C=O) groups excluding carboxylic acids is 1. The molecule has 1 heterocycles. The van der Waals surface area contributed by atoms with Crippen LogP contribution in [0.3, 0.4) is 0 Å². The molecule has 1 fully saturated rings. The van der Waals surface area contributed by atoms with Gasteiger partial charge in [-0.3, -0.25) is 9.69 Å². The van der Waals surface area contributed by atoms with E-state index in [0.29, 0.717) is 19.8 Å². The van der Waals surface area contributed by atoms with Gasteiger partial charge in [-0.05, 0) is 41.5 Å². The summed E-state index contributed by atoms with van der Waals surface area (Å²) in [5.74, 6) is -0.838. The maximum atomic E-state index is 13.3. The van der Waals surface area contributed by atoms with Gasteiger partial charge in [0.25, 0.3) is 0 Å². The molecule has 4 nitrogen and oxygen atoms in total. The van der Waals surface area contributed by atoms with Gasteiger partial charge in [0.05, 0.1) is 19.3 Å². The Morgan fingerprint density at radius 3 is 2.26 bits per heavy atom. The highest BCUT2D eigenvalue weighted by atomic mass is 19.1. The predicted octanol–water partition coefficient (Wildman–Crippen LogP) is 3.17. The molecule has 0 aromatic heterocycles. The fraction of sp³-hybridized carbons (Fsp3) is 0.286. The highest BCUT2D eigenvalue weighted by Gasteiger charge is 2.23. The fourth-order valence-corrected chi connectivity index (χ4v) is 3.03. The van der Waals surface area contributed by atoms with Gasteiger partial charge in [-0.1, -0.05) is 24.3 Å². The predicted molar refractivity (Wildman–Crippen MR) is 100.0 cm³/mol. The molecule has 1 saturated heterocycles. The zero-order valence-electron chi connectivity index (χ0n) is 14.9. The number of benzene rings is 2. The lowest BCUT2D eigenvalue weighted by Crippen LogP contribution is -2.43. The molecular formula is C21H22F2N2O2. The van der Waals surface area contributed by atoms with Crippen molar-refractivity contribution < 1.29 is 18.3 Å². The number of nitrogens with one attached hydrogen (secondary N) is 1. The summed E-state index contributed by atoms with van der Waals surface area (Å²) in [4.78, 5) is 14.4. The van der Waals surface area contributed by atoms with Crippen LogP contribution in [0.5, 0.6) is 0 Å². The van der Waals surface area contributed by atoms with E-state index in [-0.39, 0.29) is 23.6 Å². The van der Waals surface area contributed by atoms with Crippen LogP contribution in [0.15, 0.2) is 54.6 Å². The smallest absolute Gasteiger partial charge is 0.244 e. The van der Waals surface area contributed by atoms with Gasteiger partial charge in [0.1, 0.15) is 11.6 Å². The number of amides is 1. The maximum absolute atomic E-state index is 13.3. The lowest BCUT2D eigenvalue weighted by atomic mass is 10.0. The van der Waals surface area contributed by atoms with Crippen LogP contribution in [0.4, 0.5) is 8.78 Å². The summed E-state index contributed by atoms with van der Waals surface area (Å²) in [5.41, 5.74) is 1.69. The van der Waals surface area contributed by atoms with Gasteiger partial charge in [-0.25, -0.2) is 8.78 Å². The Bertz CT molecular complexity index is 770. The molecule has 0 radical (unpaired) electrons. The molecule has 2 aromatic carbocycles. The summed E-state index contributed by atoms with van der Waals surface area (Å²) >= 11 is 0. The normalized spacial score (nSPS) is 16.4. The van der Waals surface area contributed by atoms with E-state index < -0.39 is 0 Å². The van der Waals surface area contributed by atoms with Gasteiger partial charge in [0.15, 0.2) is 0 Å². The zero-order valence-corrected chi connectivity index (χ0v) is 14.9. The molecule has 142 valence electrons. The van der Waals surface area contributed by atoms with Crippen molar-refractivity contribution in [1.29, 1.82) is 0 Å². The quantitative estimate of drug-likeness (QED) is 0.792. The number of nitrogens with zero attached hydrogens (tertiary/aromatic N) is 1. The van der Waals surface area contributed by atoms with Crippen molar-refractivity contribution in [2.24, 2.45) is 0 Å². The Morgan fingerprint density at radius 2 is 1.63 bits per heavy atom. The van der Waals surface area contributed by atoms with Crippen LogP contribution in [0.2, 0.25) is 0 Å². The van der Waals surface area contributed by atoms with Crippen LogP contribution in [0.25, 0.3) is 6.08 Å². The lowest BCUT2D eigenvalue weighted by molar-refractivity contribution is -0.116. The van der Waals surface area contributed by atoms with Crippen molar-refractivity contribution in [3.63, 3.8) is 0 Å². The Kier molecular flexibility index (Phi) is 6.68. The van der Waals surface area contributed by atoms with Crippen LogP contribution >= 0.6 is 0 Å². The summed E-state index contributed by atoms with van der Waals surface area (Å²) in [6, 6.07) is 12.2. The first-order valence-electron chi connectivity index (χ1n) is 8.90. The van der Waals surface area contributed by atoms with E-state index in [0.717, 1.165) is 24.2 Å². The lowest BCUT2D eigenvalue weighted by Gasteiger charge is -2.34. The van der Waals surface area contributed by atoms with Crippen LogP contribution < -0.4 is 5.32 Å². The number of halogens is 2. The second-order valence-corrected chi connectivity index (χ2v) is 6.35. The van der Waals surface area contributed by atoms with Gasteiger partial charge in [-0.15, -0.1) is 0 Å². The van der Waals surface area contributed by atoms with Crippen molar-refractivity contribution in [3.8, 4) is 0 Å². The third-order valence-corrected chi connectivity index (χ3v) is 4.51. The molecule has 1 aliphatic heterocycles. The Balaban J connectivity index is 1.63. The van der Waals surface area contributed by atoms with E-state index in [2.05, 4.69) is 10.2 Å². The molecule has 2 aromatic rings. The van der Waals surface area contributed by atoms with Crippen molar-refractivity contribution in [3.05, 3.63) is 77.4 Å². The highest BCUT2D eigenvalue weighted by Crippen LogP contribution is 2.21. The van der Waals surface area contributed by atoms with Crippen LogP contribution in [-0.4, -0.2) is 43.7 Å². The first kappa shape index (κ1) is 19.2. The van der Waals surface area contributed by atoms with Crippen molar-refractivity contribution in [2.75, 3.05) is 32.8 Å². The average Bonchev–Trinajstić information content (AvgIpc) is 2.70. The zero-order chi connectivity index (χ0) is 19.1. The molecule has 1 atom stereocenters. The van der Waals surface area contributed by atoms with Crippen molar-refractivity contribution in [1.82, 2.24) is 10.2 Å². The van der Waals surface area contributed by atoms with Crippen LogP contribution in [0, 0.1) is 11.6 Å². The topological polar surface area (TPSA) is 41.6 Å². The first-order valence-corrected chi connectivity index (χ1v) is 8.90.